The third-order valence-corrected chi connectivity index (χ3v) is 4.78. The van der Waals surface area contributed by atoms with Crippen molar-refractivity contribution < 1.29 is 18.8 Å². The molecule has 0 saturated carbocycles. The van der Waals surface area contributed by atoms with Crippen LogP contribution in [0.3, 0.4) is 0 Å². The van der Waals surface area contributed by atoms with Crippen LogP contribution in [-0.4, -0.2) is 23.5 Å². The largest absolute Gasteiger partial charge is 0.464 e. The first-order valence-corrected chi connectivity index (χ1v) is 9.43. The van der Waals surface area contributed by atoms with Gasteiger partial charge in [-0.1, -0.05) is 32.9 Å². The number of nitrogens with zero attached hydrogens (tertiary/aromatic N) is 1. The van der Waals surface area contributed by atoms with Crippen molar-refractivity contribution in [1.29, 1.82) is 0 Å². The first-order chi connectivity index (χ1) is 13.3. The Kier molecular flexibility index (Phi) is 4.55. The van der Waals surface area contributed by atoms with Crippen molar-refractivity contribution in [1.82, 2.24) is 5.06 Å². The van der Waals surface area contributed by atoms with Crippen LogP contribution in [0.25, 0.3) is 11.0 Å². The number of hydroxylamine groups is 2. The molecule has 3 aromatic rings. The van der Waals surface area contributed by atoms with Crippen LogP contribution < -0.4 is 0 Å². The van der Waals surface area contributed by atoms with Gasteiger partial charge in [0.15, 0.2) is 0 Å². The predicted octanol–water partition coefficient (Wildman–Crippen LogP) is 4.79. The summed E-state index contributed by atoms with van der Waals surface area (Å²) in [6.07, 6.45) is 3.07. The van der Waals surface area contributed by atoms with Crippen LogP contribution in [0.1, 0.15) is 52.6 Å². The van der Waals surface area contributed by atoms with Gasteiger partial charge in [0, 0.05) is 5.39 Å². The summed E-state index contributed by atoms with van der Waals surface area (Å²) in [6, 6.07) is 13.2. The zero-order valence-electron chi connectivity index (χ0n) is 16.3. The number of carbonyl (C=O) groups excluding carboxylic acids is 2. The number of rotatable bonds is 5. The van der Waals surface area contributed by atoms with Crippen LogP contribution in [0.4, 0.5) is 0 Å². The summed E-state index contributed by atoms with van der Waals surface area (Å²) in [5.74, 6) is -0.784. The molecular weight excluding hydrogens is 354 g/mol. The van der Waals surface area contributed by atoms with Gasteiger partial charge < -0.3 is 4.42 Å². The number of hydrogen-bond acceptors (Lipinski definition) is 4. The van der Waals surface area contributed by atoms with E-state index in [2.05, 4.69) is 20.8 Å². The molecule has 28 heavy (non-hydrogen) atoms. The highest BCUT2D eigenvalue weighted by Crippen LogP contribution is 2.28. The first kappa shape index (κ1) is 18.4. The van der Waals surface area contributed by atoms with E-state index in [-0.39, 0.29) is 17.9 Å². The Labute approximate surface area is 163 Å². The molecule has 2 amide bonds. The molecule has 0 unspecified atom stereocenters. The molecule has 0 N–H and O–H groups in total. The molecule has 2 heterocycles. The fraction of sp³-hybridized carbons (Fsp3) is 0.304. The number of carbonyl (C=O) groups is 2. The molecule has 0 bridgehead atoms. The van der Waals surface area contributed by atoms with Gasteiger partial charge in [-0.05, 0) is 59.7 Å². The van der Waals surface area contributed by atoms with E-state index in [1.54, 1.807) is 12.3 Å². The first-order valence-electron chi connectivity index (χ1n) is 9.43. The molecule has 5 heteroatoms. The fourth-order valence-electron chi connectivity index (χ4n) is 3.53. The molecule has 144 valence electrons. The van der Waals surface area contributed by atoms with E-state index in [0.717, 1.165) is 33.6 Å². The molecule has 0 atom stereocenters. The van der Waals surface area contributed by atoms with Crippen molar-refractivity contribution >= 4 is 22.8 Å². The van der Waals surface area contributed by atoms with Crippen LogP contribution in [0.2, 0.25) is 0 Å². The quantitative estimate of drug-likeness (QED) is 0.600. The summed E-state index contributed by atoms with van der Waals surface area (Å²) in [6.45, 7) is 6.67. The molecule has 4 rings (SSSR count). The van der Waals surface area contributed by atoms with Crippen LogP contribution >= 0.6 is 0 Å². The molecule has 1 aliphatic heterocycles. The van der Waals surface area contributed by atoms with Gasteiger partial charge in [-0.3, -0.25) is 14.4 Å². The summed E-state index contributed by atoms with van der Waals surface area (Å²) in [5.41, 5.74) is 3.86. The number of hydrogen-bond donors (Lipinski definition) is 0. The summed E-state index contributed by atoms with van der Waals surface area (Å²) in [4.78, 5) is 30.8. The minimum absolute atomic E-state index is 0.103. The second-order valence-corrected chi connectivity index (χ2v) is 8.40. The molecular formula is C23H23NO4. The van der Waals surface area contributed by atoms with E-state index in [9.17, 15) is 9.59 Å². The van der Waals surface area contributed by atoms with Gasteiger partial charge in [0.05, 0.1) is 24.0 Å². The van der Waals surface area contributed by atoms with E-state index in [1.165, 1.54) is 0 Å². The molecule has 0 saturated heterocycles. The van der Waals surface area contributed by atoms with Crippen molar-refractivity contribution in [2.45, 2.75) is 33.6 Å². The van der Waals surface area contributed by atoms with Crippen LogP contribution in [0.15, 0.2) is 53.1 Å². The molecule has 1 aliphatic rings. The predicted molar refractivity (Wildman–Crippen MR) is 106 cm³/mol. The number of imide groups is 1. The van der Waals surface area contributed by atoms with Crippen molar-refractivity contribution in [3.05, 3.63) is 71.0 Å². The second kappa shape index (κ2) is 6.91. The zero-order chi connectivity index (χ0) is 19.9. The minimum atomic E-state index is -0.396. The van der Waals surface area contributed by atoms with Crippen LogP contribution in [0, 0.1) is 5.41 Å². The number of fused-ring (bicyclic) bond motifs is 2. The smallest absolute Gasteiger partial charge is 0.285 e. The lowest BCUT2D eigenvalue weighted by Gasteiger charge is -2.18. The van der Waals surface area contributed by atoms with E-state index >= 15 is 0 Å². The molecule has 0 spiro atoms. The van der Waals surface area contributed by atoms with Crippen LogP contribution in [0.5, 0.6) is 0 Å². The average molecular weight is 377 g/mol. The maximum atomic E-state index is 12.7. The van der Waals surface area contributed by atoms with Gasteiger partial charge in [-0.25, -0.2) is 0 Å². The van der Waals surface area contributed by atoms with Crippen molar-refractivity contribution in [3.8, 4) is 0 Å². The normalized spacial score (nSPS) is 14.2. The standard InChI is InChI=1S/C23H23NO4/c1-23(2,3)14-16-4-6-18-19(13-16)22(26)24(21(18)25)28-11-8-15-5-7-20-17(12-15)9-10-27-20/h4-7,9-10,12-13H,8,11,14H2,1-3H3. The highest BCUT2D eigenvalue weighted by molar-refractivity contribution is 6.20. The van der Waals surface area contributed by atoms with E-state index in [0.29, 0.717) is 17.5 Å². The summed E-state index contributed by atoms with van der Waals surface area (Å²) < 4.78 is 5.33. The number of furan rings is 1. The zero-order valence-corrected chi connectivity index (χ0v) is 16.3. The summed E-state index contributed by atoms with van der Waals surface area (Å²) in [5, 5.41) is 1.91. The van der Waals surface area contributed by atoms with Crippen molar-refractivity contribution in [2.24, 2.45) is 5.41 Å². The molecule has 0 fully saturated rings. The number of amides is 2. The highest BCUT2D eigenvalue weighted by atomic mass is 16.7. The summed E-state index contributed by atoms with van der Waals surface area (Å²) >= 11 is 0. The van der Waals surface area contributed by atoms with Gasteiger partial charge in [0.2, 0.25) is 0 Å². The van der Waals surface area contributed by atoms with E-state index in [1.807, 2.05) is 36.4 Å². The van der Waals surface area contributed by atoms with Gasteiger partial charge in [0.25, 0.3) is 11.8 Å². The average Bonchev–Trinajstić information content (AvgIpc) is 3.18. The van der Waals surface area contributed by atoms with Gasteiger partial charge in [-0.15, -0.1) is 5.06 Å². The second-order valence-electron chi connectivity index (χ2n) is 8.40. The Bertz CT molecular complexity index is 1060. The summed E-state index contributed by atoms with van der Waals surface area (Å²) in [7, 11) is 0. The monoisotopic (exact) mass is 377 g/mol. The molecule has 0 radical (unpaired) electrons. The lowest BCUT2D eigenvalue weighted by molar-refractivity contribution is -0.0902. The Balaban J connectivity index is 1.43. The number of benzene rings is 2. The lowest BCUT2D eigenvalue weighted by atomic mass is 9.87. The van der Waals surface area contributed by atoms with Gasteiger partial charge in [-0.2, -0.15) is 0 Å². The SMILES string of the molecule is CC(C)(C)Cc1ccc2c(c1)C(=O)N(OCCc1ccc3occc3c1)C2=O. The molecule has 5 nitrogen and oxygen atoms in total. The van der Waals surface area contributed by atoms with Crippen molar-refractivity contribution in [3.63, 3.8) is 0 Å². The van der Waals surface area contributed by atoms with Crippen molar-refractivity contribution in [2.75, 3.05) is 6.61 Å². The molecule has 1 aromatic heterocycles. The maximum absolute atomic E-state index is 12.7. The Morgan fingerprint density at radius 1 is 0.929 bits per heavy atom. The molecule has 2 aromatic carbocycles. The fourth-order valence-corrected chi connectivity index (χ4v) is 3.53. The molecule has 0 aliphatic carbocycles. The van der Waals surface area contributed by atoms with E-state index in [4.69, 9.17) is 9.25 Å². The van der Waals surface area contributed by atoms with Gasteiger partial charge >= 0.3 is 0 Å². The maximum Gasteiger partial charge on any atom is 0.285 e. The van der Waals surface area contributed by atoms with E-state index < -0.39 is 5.91 Å². The van der Waals surface area contributed by atoms with Gasteiger partial charge in [0.1, 0.15) is 5.58 Å². The Morgan fingerprint density at radius 2 is 1.68 bits per heavy atom. The minimum Gasteiger partial charge on any atom is -0.464 e. The van der Waals surface area contributed by atoms with Crippen LogP contribution in [-0.2, 0) is 17.7 Å². The topological polar surface area (TPSA) is 59.8 Å². The lowest BCUT2D eigenvalue weighted by Crippen LogP contribution is -2.30. The Hall–Kier alpha value is -2.92. The third kappa shape index (κ3) is 3.58. The Morgan fingerprint density at radius 3 is 2.46 bits per heavy atom. The third-order valence-electron chi connectivity index (χ3n) is 4.78. The highest BCUT2D eigenvalue weighted by Gasteiger charge is 2.37.